The lowest BCUT2D eigenvalue weighted by molar-refractivity contribution is -0.0305. The predicted octanol–water partition coefficient (Wildman–Crippen LogP) is 4.16. The van der Waals surface area contributed by atoms with E-state index in [4.69, 9.17) is 16.3 Å². The molecule has 0 spiro atoms. The van der Waals surface area contributed by atoms with Crippen LogP contribution in [0.2, 0.25) is 5.02 Å². The van der Waals surface area contributed by atoms with Gasteiger partial charge in [-0.15, -0.1) is 0 Å². The molecule has 0 aliphatic heterocycles. The molecule has 0 unspecified atom stereocenters. The van der Waals surface area contributed by atoms with Gasteiger partial charge in [-0.3, -0.25) is 0 Å². The maximum Gasteiger partial charge on any atom is 0.279 e. The minimum Gasteiger partial charge on any atom is -0.496 e. The Bertz CT molecular complexity index is 414. The van der Waals surface area contributed by atoms with E-state index < -0.39 is 11.8 Å². The molecule has 0 heterocycles. The lowest BCUT2D eigenvalue weighted by Gasteiger charge is -2.20. The maximum absolute atomic E-state index is 14.0. The third-order valence-corrected chi connectivity index (χ3v) is 3.11. The summed E-state index contributed by atoms with van der Waals surface area (Å²) in [5.74, 6) is -3.14. The Morgan fingerprint density at radius 3 is 2.50 bits per heavy atom. The zero-order chi connectivity index (χ0) is 11.9. The van der Waals surface area contributed by atoms with E-state index in [1.165, 1.54) is 13.2 Å². The Hall–Kier alpha value is -0.830. The van der Waals surface area contributed by atoms with E-state index in [1.807, 2.05) is 0 Å². The molecule has 1 aliphatic rings. The van der Waals surface area contributed by atoms with E-state index >= 15 is 0 Å². The van der Waals surface area contributed by atoms with Crippen molar-refractivity contribution < 1.29 is 13.5 Å². The van der Waals surface area contributed by atoms with Gasteiger partial charge in [0.05, 0.1) is 12.7 Å². The van der Waals surface area contributed by atoms with Crippen molar-refractivity contribution in [2.45, 2.75) is 25.7 Å². The van der Waals surface area contributed by atoms with Crippen molar-refractivity contribution in [2.24, 2.45) is 5.92 Å². The third kappa shape index (κ3) is 1.88. The second-order valence-corrected chi connectivity index (χ2v) is 4.64. The molecule has 0 N–H and O–H groups in total. The largest absolute Gasteiger partial charge is 0.496 e. The zero-order valence-electron chi connectivity index (χ0n) is 9.19. The molecule has 0 aromatic heterocycles. The van der Waals surface area contributed by atoms with Crippen LogP contribution < -0.4 is 4.74 Å². The highest BCUT2D eigenvalue weighted by Gasteiger charge is 2.49. The van der Waals surface area contributed by atoms with Gasteiger partial charge in [0.15, 0.2) is 0 Å². The van der Waals surface area contributed by atoms with E-state index in [2.05, 4.69) is 0 Å². The van der Waals surface area contributed by atoms with Crippen molar-refractivity contribution >= 4 is 11.6 Å². The Morgan fingerprint density at radius 1 is 1.38 bits per heavy atom. The summed E-state index contributed by atoms with van der Waals surface area (Å²) in [7, 11) is 1.41. The van der Waals surface area contributed by atoms with E-state index in [1.54, 1.807) is 13.0 Å². The fourth-order valence-corrected chi connectivity index (χ4v) is 2.19. The first kappa shape index (κ1) is 11.6. The summed E-state index contributed by atoms with van der Waals surface area (Å²) in [5.41, 5.74) is 0.563. The maximum atomic E-state index is 14.0. The minimum atomic E-state index is -2.83. The van der Waals surface area contributed by atoms with E-state index in [-0.39, 0.29) is 11.3 Å². The fourth-order valence-electron chi connectivity index (χ4n) is 1.91. The number of alkyl halides is 2. The smallest absolute Gasteiger partial charge is 0.279 e. The molecule has 0 bridgehead atoms. The van der Waals surface area contributed by atoms with Gasteiger partial charge in [0.1, 0.15) is 5.75 Å². The lowest BCUT2D eigenvalue weighted by Crippen LogP contribution is -2.17. The van der Waals surface area contributed by atoms with Gasteiger partial charge in [-0.1, -0.05) is 11.6 Å². The normalized spacial score (nSPS) is 16.3. The Morgan fingerprint density at radius 2 is 2.00 bits per heavy atom. The van der Waals surface area contributed by atoms with Crippen molar-refractivity contribution in [2.75, 3.05) is 7.11 Å². The quantitative estimate of drug-likeness (QED) is 0.778. The molecule has 1 aromatic rings. The molecule has 0 amide bonds. The number of benzene rings is 1. The average molecular weight is 247 g/mol. The molecule has 1 aromatic carbocycles. The van der Waals surface area contributed by atoms with Gasteiger partial charge in [0.25, 0.3) is 5.92 Å². The summed E-state index contributed by atoms with van der Waals surface area (Å²) >= 11 is 5.82. The summed E-state index contributed by atoms with van der Waals surface area (Å²) in [6, 6.07) is 2.94. The Labute approximate surface area is 98.4 Å². The monoisotopic (exact) mass is 246 g/mol. The highest BCUT2D eigenvalue weighted by molar-refractivity contribution is 6.30. The van der Waals surface area contributed by atoms with Crippen LogP contribution in [-0.4, -0.2) is 7.11 Å². The van der Waals surface area contributed by atoms with E-state index in [0.29, 0.717) is 23.4 Å². The topological polar surface area (TPSA) is 9.23 Å². The molecule has 0 saturated heterocycles. The Kier molecular flexibility index (Phi) is 2.82. The van der Waals surface area contributed by atoms with Gasteiger partial charge in [0.2, 0.25) is 0 Å². The summed E-state index contributed by atoms with van der Waals surface area (Å²) in [6.07, 6.45) is 1.14. The van der Waals surface area contributed by atoms with Crippen molar-refractivity contribution in [3.63, 3.8) is 0 Å². The first-order chi connectivity index (χ1) is 7.46. The number of methoxy groups -OCH3 is 1. The molecule has 1 saturated carbocycles. The SMILES string of the molecule is COc1c(C)cc(Cl)cc1C(F)(F)C1CC1. The first-order valence-corrected chi connectivity index (χ1v) is 5.57. The third-order valence-electron chi connectivity index (χ3n) is 2.89. The molecular formula is C12H13ClF2O. The molecule has 0 radical (unpaired) electrons. The molecule has 1 aliphatic carbocycles. The van der Waals surface area contributed by atoms with Gasteiger partial charge in [-0.2, -0.15) is 0 Å². The van der Waals surface area contributed by atoms with Crippen LogP contribution in [0.15, 0.2) is 12.1 Å². The van der Waals surface area contributed by atoms with Crippen LogP contribution in [-0.2, 0) is 5.92 Å². The number of rotatable bonds is 3. The Balaban J connectivity index is 2.53. The lowest BCUT2D eigenvalue weighted by atomic mass is 10.0. The summed E-state index contributed by atoms with van der Waals surface area (Å²) in [6.45, 7) is 1.72. The second kappa shape index (κ2) is 3.88. The molecular weight excluding hydrogens is 234 g/mol. The summed E-state index contributed by atoms with van der Waals surface area (Å²) in [4.78, 5) is 0. The van der Waals surface area contributed by atoms with Crippen molar-refractivity contribution in [3.8, 4) is 5.75 Å². The average Bonchev–Trinajstić information content (AvgIpc) is 2.99. The minimum absolute atomic E-state index is 0.0810. The molecule has 1 nitrogen and oxygen atoms in total. The fraction of sp³-hybridized carbons (Fsp3) is 0.500. The number of hydrogen-bond acceptors (Lipinski definition) is 1. The molecule has 1 fully saturated rings. The zero-order valence-corrected chi connectivity index (χ0v) is 9.94. The van der Waals surface area contributed by atoms with Crippen molar-refractivity contribution in [1.82, 2.24) is 0 Å². The van der Waals surface area contributed by atoms with Gasteiger partial charge in [-0.25, -0.2) is 8.78 Å². The number of ether oxygens (including phenoxy) is 1. The van der Waals surface area contributed by atoms with Crippen LogP contribution in [0.1, 0.15) is 24.0 Å². The number of halogens is 3. The number of aryl methyl sites for hydroxylation is 1. The van der Waals surface area contributed by atoms with Gasteiger partial charge in [0, 0.05) is 10.9 Å². The second-order valence-electron chi connectivity index (χ2n) is 4.20. The van der Waals surface area contributed by atoms with Crippen LogP contribution in [0.25, 0.3) is 0 Å². The van der Waals surface area contributed by atoms with Crippen LogP contribution in [0, 0.1) is 12.8 Å². The van der Waals surface area contributed by atoms with Crippen LogP contribution >= 0.6 is 11.6 Å². The van der Waals surface area contributed by atoms with Crippen molar-refractivity contribution in [1.29, 1.82) is 0 Å². The van der Waals surface area contributed by atoms with E-state index in [9.17, 15) is 8.78 Å². The van der Waals surface area contributed by atoms with E-state index in [0.717, 1.165) is 0 Å². The highest BCUT2D eigenvalue weighted by Crippen LogP contribution is 2.52. The van der Waals surface area contributed by atoms with Crippen LogP contribution in [0.5, 0.6) is 5.75 Å². The van der Waals surface area contributed by atoms with Gasteiger partial charge >= 0.3 is 0 Å². The molecule has 0 atom stereocenters. The van der Waals surface area contributed by atoms with Gasteiger partial charge in [-0.05, 0) is 37.5 Å². The van der Waals surface area contributed by atoms with Crippen LogP contribution in [0.4, 0.5) is 8.78 Å². The molecule has 16 heavy (non-hydrogen) atoms. The van der Waals surface area contributed by atoms with Crippen LogP contribution in [0.3, 0.4) is 0 Å². The van der Waals surface area contributed by atoms with Crippen molar-refractivity contribution in [3.05, 3.63) is 28.3 Å². The molecule has 88 valence electrons. The standard InChI is InChI=1S/C12H13ClF2O/c1-7-5-9(13)6-10(11(7)16-2)12(14,15)8-3-4-8/h5-6,8H,3-4H2,1-2H3. The highest BCUT2D eigenvalue weighted by atomic mass is 35.5. The summed E-state index contributed by atoms with van der Waals surface area (Å²) in [5, 5.41) is 0.327. The van der Waals surface area contributed by atoms with Gasteiger partial charge < -0.3 is 4.74 Å². The summed E-state index contributed by atoms with van der Waals surface area (Å²) < 4.78 is 33.1. The predicted molar refractivity (Wildman–Crippen MR) is 59.4 cm³/mol. The molecule has 2 rings (SSSR count). The molecule has 4 heteroatoms. The number of hydrogen-bond donors (Lipinski definition) is 0. The first-order valence-electron chi connectivity index (χ1n) is 5.19.